The van der Waals surface area contributed by atoms with E-state index in [1.807, 2.05) is 12.1 Å². The number of carboxylic acids is 1. The zero-order chi connectivity index (χ0) is 16.2. The number of methoxy groups -OCH3 is 1. The summed E-state index contributed by atoms with van der Waals surface area (Å²) >= 11 is 0. The fraction of sp³-hybridized carbons (Fsp3) is 0.375. The van der Waals surface area contributed by atoms with Gasteiger partial charge in [-0.15, -0.1) is 0 Å². The lowest BCUT2D eigenvalue weighted by Crippen LogP contribution is -2.28. The third-order valence-electron chi connectivity index (χ3n) is 3.69. The number of nitrogens with one attached hydrogen (secondary N) is 1. The number of rotatable bonds is 5. The zero-order valence-electron chi connectivity index (χ0n) is 12.7. The van der Waals surface area contributed by atoms with E-state index in [1.165, 1.54) is 6.07 Å². The van der Waals surface area contributed by atoms with Gasteiger partial charge in [0, 0.05) is 12.2 Å². The van der Waals surface area contributed by atoms with Crippen LogP contribution in [0.1, 0.15) is 23.3 Å². The number of H-pyrrole nitrogens is 1. The molecule has 7 nitrogen and oxygen atoms in total. The highest BCUT2D eigenvalue weighted by molar-refractivity contribution is 5.87. The molecule has 2 aromatic rings. The van der Waals surface area contributed by atoms with Crippen molar-refractivity contribution in [2.24, 2.45) is 0 Å². The van der Waals surface area contributed by atoms with Gasteiger partial charge in [0.15, 0.2) is 11.5 Å². The highest BCUT2D eigenvalue weighted by Crippen LogP contribution is 2.38. The predicted octanol–water partition coefficient (Wildman–Crippen LogP) is 2.34. The number of aromatic nitrogens is 2. The SMILES string of the molecule is COc1cccc(-c2cc(C(=O)O)[nH]n2)c1OC1CCCOC1. The maximum atomic E-state index is 11.0. The lowest BCUT2D eigenvalue weighted by Gasteiger charge is -2.25. The molecule has 0 amide bonds. The Morgan fingerprint density at radius 2 is 2.35 bits per heavy atom. The van der Waals surface area contributed by atoms with Crippen molar-refractivity contribution in [1.29, 1.82) is 0 Å². The van der Waals surface area contributed by atoms with Crippen molar-refractivity contribution in [2.75, 3.05) is 20.3 Å². The van der Waals surface area contributed by atoms with Crippen molar-refractivity contribution in [1.82, 2.24) is 10.2 Å². The summed E-state index contributed by atoms with van der Waals surface area (Å²) in [5.74, 6) is 0.0664. The molecule has 1 unspecified atom stereocenters. The molecule has 1 atom stereocenters. The summed E-state index contributed by atoms with van der Waals surface area (Å²) in [7, 11) is 1.57. The van der Waals surface area contributed by atoms with Crippen molar-refractivity contribution in [3.05, 3.63) is 30.0 Å². The van der Waals surface area contributed by atoms with Crippen LogP contribution in [0, 0.1) is 0 Å². The zero-order valence-corrected chi connectivity index (χ0v) is 12.7. The van der Waals surface area contributed by atoms with E-state index in [2.05, 4.69) is 10.2 Å². The van der Waals surface area contributed by atoms with Crippen molar-refractivity contribution >= 4 is 5.97 Å². The summed E-state index contributed by atoms with van der Waals surface area (Å²) in [4.78, 5) is 11.0. The molecule has 1 aromatic carbocycles. The summed E-state index contributed by atoms with van der Waals surface area (Å²) in [5.41, 5.74) is 1.20. The fourth-order valence-corrected chi connectivity index (χ4v) is 2.54. The van der Waals surface area contributed by atoms with Gasteiger partial charge in [-0.1, -0.05) is 6.07 Å². The first-order valence-electron chi connectivity index (χ1n) is 7.39. The fourth-order valence-electron chi connectivity index (χ4n) is 2.54. The monoisotopic (exact) mass is 318 g/mol. The number of ether oxygens (including phenoxy) is 3. The number of carbonyl (C=O) groups is 1. The van der Waals surface area contributed by atoms with E-state index in [4.69, 9.17) is 19.3 Å². The molecule has 0 saturated carbocycles. The standard InChI is InChI=1S/C16H18N2O5/c1-21-14-6-2-5-11(12-8-13(16(19)20)18-17-12)15(14)23-10-4-3-7-22-9-10/h2,5-6,8,10H,3-4,7,9H2,1H3,(H,17,18)(H,19,20). The number of benzene rings is 1. The number of nitrogens with zero attached hydrogens (tertiary/aromatic N) is 1. The van der Waals surface area contributed by atoms with Crippen LogP contribution >= 0.6 is 0 Å². The van der Waals surface area contributed by atoms with Crippen LogP contribution in [0.2, 0.25) is 0 Å². The summed E-state index contributed by atoms with van der Waals surface area (Å²) in [6, 6.07) is 6.91. The van der Waals surface area contributed by atoms with Gasteiger partial charge in [-0.2, -0.15) is 5.10 Å². The number of carboxylic acid groups (broad SMARTS) is 1. The van der Waals surface area contributed by atoms with Crippen molar-refractivity contribution in [3.8, 4) is 22.8 Å². The van der Waals surface area contributed by atoms with Crippen molar-refractivity contribution in [2.45, 2.75) is 18.9 Å². The van der Waals surface area contributed by atoms with Crippen LogP contribution in [0.3, 0.4) is 0 Å². The minimum Gasteiger partial charge on any atom is -0.493 e. The van der Waals surface area contributed by atoms with E-state index in [0.29, 0.717) is 29.4 Å². The lowest BCUT2D eigenvalue weighted by atomic mass is 10.1. The molecule has 1 aliphatic heterocycles. The van der Waals surface area contributed by atoms with E-state index in [9.17, 15) is 4.79 Å². The van der Waals surface area contributed by atoms with Gasteiger partial charge in [0.1, 0.15) is 11.8 Å². The first-order valence-corrected chi connectivity index (χ1v) is 7.39. The quantitative estimate of drug-likeness (QED) is 0.879. The van der Waals surface area contributed by atoms with Crippen LogP contribution in [-0.4, -0.2) is 47.7 Å². The predicted molar refractivity (Wildman–Crippen MR) is 82.0 cm³/mol. The van der Waals surface area contributed by atoms with E-state index >= 15 is 0 Å². The smallest absolute Gasteiger partial charge is 0.353 e. The topological polar surface area (TPSA) is 93.7 Å². The van der Waals surface area contributed by atoms with Gasteiger partial charge in [-0.25, -0.2) is 4.79 Å². The molecule has 0 bridgehead atoms. The Hall–Kier alpha value is -2.54. The van der Waals surface area contributed by atoms with Gasteiger partial charge in [0.25, 0.3) is 0 Å². The Kier molecular flexibility index (Phi) is 4.47. The molecule has 3 rings (SSSR count). The van der Waals surface area contributed by atoms with E-state index < -0.39 is 5.97 Å². The Bertz CT molecular complexity index is 692. The average Bonchev–Trinajstić information content (AvgIpc) is 3.06. The molecule has 2 heterocycles. The second-order valence-electron chi connectivity index (χ2n) is 5.27. The molecular formula is C16H18N2O5. The molecule has 0 aliphatic carbocycles. The summed E-state index contributed by atoms with van der Waals surface area (Å²) in [6.45, 7) is 1.28. The van der Waals surface area contributed by atoms with Crippen LogP contribution in [0.25, 0.3) is 11.3 Å². The molecule has 0 radical (unpaired) electrons. The number of para-hydroxylation sites is 1. The summed E-state index contributed by atoms with van der Waals surface area (Å²) in [5, 5.41) is 15.6. The molecule has 1 aromatic heterocycles. The average molecular weight is 318 g/mol. The Balaban J connectivity index is 1.96. The molecular weight excluding hydrogens is 300 g/mol. The van der Waals surface area contributed by atoms with Crippen LogP contribution in [0.15, 0.2) is 24.3 Å². The molecule has 2 N–H and O–H groups in total. The molecule has 1 aliphatic rings. The van der Waals surface area contributed by atoms with E-state index in [-0.39, 0.29) is 11.8 Å². The first-order chi connectivity index (χ1) is 11.2. The minimum absolute atomic E-state index is 0.0229. The summed E-state index contributed by atoms with van der Waals surface area (Å²) < 4.78 is 16.9. The Morgan fingerprint density at radius 3 is 3.00 bits per heavy atom. The summed E-state index contributed by atoms with van der Waals surface area (Å²) in [6.07, 6.45) is 1.79. The number of aromatic carboxylic acids is 1. The number of hydrogen-bond acceptors (Lipinski definition) is 5. The van der Waals surface area contributed by atoms with Crippen LogP contribution in [-0.2, 0) is 4.74 Å². The Labute approximate surface area is 133 Å². The van der Waals surface area contributed by atoms with Crippen molar-refractivity contribution < 1.29 is 24.1 Å². The van der Waals surface area contributed by atoms with Gasteiger partial charge in [0.05, 0.1) is 19.4 Å². The Morgan fingerprint density at radius 1 is 1.48 bits per heavy atom. The van der Waals surface area contributed by atoms with Crippen LogP contribution < -0.4 is 9.47 Å². The molecule has 0 spiro atoms. The molecule has 23 heavy (non-hydrogen) atoms. The van der Waals surface area contributed by atoms with Gasteiger partial charge in [-0.3, -0.25) is 5.10 Å². The minimum atomic E-state index is -1.06. The molecule has 1 fully saturated rings. The molecule has 122 valence electrons. The van der Waals surface area contributed by atoms with E-state index in [1.54, 1.807) is 13.2 Å². The molecule has 1 saturated heterocycles. The van der Waals surface area contributed by atoms with E-state index in [0.717, 1.165) is 19.4 Å². The second-order valence-corrected chi connectivity index (χ2v) is 5.27. The normalized spacial score (nSPS) is 17.7. The third-order valence-corrected chi connectivity index (χ3v) is 3.69. The number of aromatic amines is 1. The second kappa shape index (κ2) is 6.70. The maximum Gasteiger partial charge on any atom is 0.353 e. The van der Waals surface area contributed by atoms with Gasteiger partial charge < -0.3 is 19.3 Å². The number of hydrogen-bond donors (Lipinski definition) is 2. The van der Waals surface area contributed by atoms with Gasteiger partial charge >= 0.3 is 5.97 Å². The van der Waals surface area contributed by atoms with Gasteiger partial charge in [0.2, 0.25) is 0 Å². The lowest BCUT2D eigenvalue weighted by molar-refractivity contribution is 0.00669. The van der Waals surface area contributed by atoms with Crippen molar-refractivity contribution in [3.63, 3.8) is 0 Å². The molecule has 7 heteroatoms. The maximum absolute atomic E-state index is 11.0. The van der Waals surface area contributed by atoms with Gasteiger partial charge in [-0.05, 0) is 31.0 Å². The van der Waals surface area contributed by atoms with Crippen LogP contribution in [0.4, 0.5) is 0 Å². The highest BCUT2D eigenvalue weighted by Gasteiger charge is 2.22. The third kappa shape index (κ3) is 3.29. The largest absolute Gasteiger partial charge is 0.493 e. The highest BCUT2D eigenvalue weighted by atomic mass is 16.5. The first kappa shape index (κ1) is 15.4. The van der Waals surface area contributed by atoms with Crippen LogP contribution in [0.5, 0.6) is 11.5 Å².